The number of hydrogen-bond acceptors (Lipinski definition) is 5. The maximum atomic E-state index is 12.7. The van der Waals surface area contributed by atoms with E-state index in [0.717, 1.165) is 40.6 Å². The molecule has 1 unspecified atom stereocenters. The second-order valence-corrected chi connectivity index (χ2v) is 9.46. The summed E-state index contributed by atoms with van der Waals surface area (Å²) in [6.45, 7) is 12.1. The third-order valence-corrected chi connectivity index (χ3v) is 5.94. The van der Waals surface area contributed by atoms with Crippen molar-refractivity contribution < 1.29 is 4.48 Å². The van der Waals surface area contributed by atoms with E-state index in [1.165, 1.54) is 5.56 Å². The molecule has 0 saturated heterocycles. The third kappa shape index (κ3) is 10.2. The van der Waals surface area contributed by atoms with E-state index >= 15 is 0 Å². The van der Waals surface area contributed by atoms with Crippen molar-refractivity contribution in [3.05, 3.63) is 138 Å². The first-order chi connectivity index (χ1) is 19.4. The number of rotatable bonds is 14. The second kappa shape index (κ2) is 15.6. The fourth-order valence-corrected chi connectivity index (χ4v) is 3.89. The first-order valence-corrected chi connectivity index (χ1v) is 13.5. The molecule has 0 aliphatic heterocycles. The average Bonchev–Trinajstić information content (AvgIpc) is 2.95. The highest BCUT2D eigenvalue weighted by Crippen LogP contribution is 2.21. The summed E-state index contributed by atoms with van der Waals surface area (Å²) >= 11 is 0. The third-order valence-electron chi connectivity index (χ3n) is 5.94. The topological polar surface area (TPSA) is 60.1 Å². The molecule has 0 saturated carbocycles. The lowest BCUT2D eigenvalue weighted by molar-refractivity contribution is 0.391. The molecule has 6 heteroatoms. The minimum absolute atomic E-state index is 0.137. The molecule has 0 aliphatic carbocycles. The van der Waals surface area contributed by atoms with E-state index in [0.29, 0.717) is 11.4 Å². The van der Waals surface area contributed by atoms with Crippen LogP contribution in [0.3, 0.4) is 0 Å². The van der Waals surface area contributed by atoms with Crippen LogP contribution in [-0.4, -0.2) is 6.04 Å². The number of anilines is 5. The van der Waals surface area contributed by atoms with Gasteiger partial charge in [0.15, 0.2) is 0 Å². The highest BCUT2D eigenvalue weighted by molar-refractivity contribution is 5.63. The Morgan fingerprint density at radius 1 is 0.825 bits per heavy atom. The normalized spacial score (nSPS) is 12.8. The predicted molar refractivity (Wildman–Crippen MR) is 171 cm³/mol. The van der Waals surface area contributed by atoms with E-state index in [2.05, 4.69) is 102 Å². The summed E-state index contributed by atoms with van der Waals surface area (Å²) in [6.07, 6.45) is 12.1. The highest BCUT2D eigenvalue weighted by Gasteiger charge is 2.01. The van der Waals surface area contributed by atoms with Crippen molar-refractivity contribution in [3.8, 4) is 0 Å². The van der Waals surface area contributed by atoms with Gasteiger partial charge >= 0.3 is 0 Å². The lowest BCUT2D eigenvalue weighted by Gasteiger charge is -2.14. The molecule has 0 bridgehead atoms. The minimum atomic E-state index is 0.137. The molecule has 5 N–H and O–H groups in total. The van der Waals surface area contributed by atoms with Crippen molar-refractivity contribution in [2.75, 3.05) is 21.3 Å². The summed E-state index contributed by atoms with van der Waals surface area (Å²) in [5.41, 5.74) is 10.0. The highest BCUT2D eigenvalue weighted by atomic mass is 19.2. The van der Waals surface area contributed by atoms with Gasteiger partial charge in [0.25, 0.3) is 0 Å². The van der Waals surface area contributed by atoms with Gasteiger partial charge in [0, 0.05) is 45.9 Å². The van der Waals surface area contributed by atoms with E-state index in [1.807, 2.05) is 44.2 Å². The van der Waals surface area contributed by atoms with Crippen molar-refractivity contribution in [1.82, 2.24) is 5.54 Å². The second-order valence-electron chi connectivity index (χ2n) is 9.46. The predicted octanol–water partition coefficient (Wildman–Crippen LogP) is 9.36. The molecule has 40 heavy (non-hydrogen) atoms. The number of aryl methyl sites for hydroxylation is 1. The SMILES string of the molecule is C=C(/C=C\C(=C/CC)NF)Nc1ccc(NC(/C=C\C(C)Nc2ccc(Nc3cccc(C)c3)cc2)=C/C)cc1. The minimum Gasteiger partial charge on any atom is -0.379 e. The molecule has 1 atom stereocenters. The molecule has 3 aromatic rings. The number of hydrogen-bond donors (Lipinski definition) is 5. The summed E-state index contributed by atoms with van der Waals surface area (Å²) in [7, 11) is 0. The number of benzene rings is 3. The Bertz CT molecular complexity index is 1350. The van der Waals surface area contributed by atoms with Crippen molar-refractivity contribution in [2.45, 2.75) is 40.2 Å². The zero-order valence-corrected chi connectivity index (χ0v) is 23.8. The van der Waals surface area contributed by atoms with Gasteiger partial charge in [-0.15, -0.1) is 4.48 Å². The van der Waals surface area contributed by atoms with Crippen LogP contribution in [0.25, 0.3) is 0 Å². The van der Waals surface area contributed by atoms with Gasteiger partial charge in [0.05, 0.1) is 5.70 Å². The fraction of sp³-hybridized carbons (Fsp3) is 0.176. The van der Waals surface area contributed by atoms with Crippen LogP contribution in [0.15, 0.2) is 133 Å². The van der Waals surface area contributed by atoms with Gasteiger partial charge < -0.3 is 21.3 Å². The standard InChI is InChI=1S/C34H40FN5/c1-6-9-33(40-35)15-13-27(5)37-29-16-20-31(21-17-29)38-28(7-2)14-12-26(4)36-30-18-22-32(23-19-30)39-34-11-8-10-25(3)24-34/h7-24,26,36-40H,5-6H2,1-4H3/b14-12-,15-13-,28-7+,33-9+. The zero-order chi connectivity index (χ0) is 28.7. The van der Waals surface area contributed by atoms with Crippen LogP contribution in [0.2, 0.25) is 0 Å². The van der Waals surface area contributed by atoms with Gasteiger partial charge in [0.2, 0.25) is 0 Å². The van der Waals surface area contributed by atoms with E-state index in [9.17, 15) is 4.48 Å². The molecular weight excluding hydrogens is 497 g/mol. The molecule has 0 spiro atoms. The zero-order valence-electron chi connectivity index (χ0n) is 23.8. The lowest BCUT2D eigenvalue weighted by atomic mass is 10.2. The van der Waals surface area contributed by atoms with Crippen molar-refractivity contribution in [2.24, 2.45) is 0 Å². The molecule has 0 fully saturated rings. The summed E-state index contributed by atoms with van der Waals surface area (Å²) in [5.74, 6) is 0. The van der Waals surface area contributed by atoms with Gasteiger partial charge in [-0.05, 0) is 112 Å². The Morgan fingerprint density at radius 2 is 1.48 bits per heavy atom. The lowest BCUT2D eigenvalue weighted by Crippen LogP contribution is -2.12. The molecule has 208 valence electrons. The molecule has 0 radical (unpaired) electrons. The summed E-state index contributed by atoms with van der Waals surface area (Å²) < 4.78 is 12.7. The Balaban J connectivity index is 1.49. The summed E-state index contributed by atoms with van der Waals surface area (Å²) in [6, 6.07) is 24.7. The maximum absolute atomic E-state index is 12.7. The Kier molecular flexibility index (Phi) is 11.7. The largest absolute Gasteiger partial charge is 0.379 e. The van der Waals surface area contributed by atoms with Crippen LogP contribution < -0.4 is 26.8 Å². The van der Waals surface area contributed by atoms with Gasteiger partial charge in [-0.2, -0.15) is 0 Å². The van der Waals surface area contributed by atoms with Gasteiger partial charge in [-0.25, -0.2) is 5.54 Å². The monoisotopic (exact) mass is 537 g/mol. The smallest absolute Gasteiger partial charge is 0.0616 e. The maximum Gasteiger partial charge on any atom is 0.0616 e. The Morgan fingerprint density at radius 3 is 2.10 bits per heavy atom. The van der Waals surface area contributed by atoms with Gasteiger partial charge in [-0.1, -0.05) is 43.9 Å². The van der Waals surface area contributed by atoms with Crippen molar-refractivity contribution in [1.29, 1.82) is 0 Å². The van der Waals surface area contributed by atoms with Crippen LogP contribution in [0.4, 0.5) is 32.9 Å². The molecular formula is C34H40FN5. The van der Waals surface area contributed by atoms with Crippen molar-refractivity contribution in [3.63, 3.8) is 0 Å². The quantitative estimate of drug-likeness (QED) is 0.105. The molecule has 5 nitrogen and oxygen atoms in total. The van der Waals surface area contributed by atoms with Crippen LogP contribution in [0, 0.1) is 6.92 Å². The average molecular weight is 538 g/mol. The summed E-state index contributed by atoms with van der Waals surface area (Å²) in [5, 5.41) is 13.6. The number of allylic oxidation sites excluding steroid dienone is 5. The van der Waals surface area contributed by atoms with Crippen molar-refractivity contribution >= 4 is 28.4 Å². The van der Waals surface area contributed by atoms with E-state index in [-0.39, 0.29) is 6.04 Å². The van der Waals surface area contributed by atoms with Crippen LogP contribution >= 0.6 is 0 Å². The van der Waals surface area contributed by atoms with Gasteiger partial charge in [0.1, 0.15) is 0 Å². The first kappa shape index (κ1) is 29.8. The Hall–Kier alpha value is -4.71. The fourth-order valence-electron chi connectivity index (χ4n) is 3.89. The van der Waals surface area contributed by atoms with E-state index < -0.39 is 0 Å². The van der Waals surface area contributed by atoms with E-state index in [1.54, 1.807) is 23.8 Å². The molecule has 0 heterocycles. The molecule has 0 aliphatic rings. The molecule has 3 aromatic carbocycles. The molecule has 0 amide bonds. The molecule has 0 aromatic heterocycles. The van der Waals surface area contributed by atoms with Gasteiger partial charge in [-0.3, -0.25) is 0 Å². The van der Waals surface area contributed by atoms with Crippen LogP contribution in [0.5, 0.6) is 0 Å². The van der Waals surface area contributed by atoms with E-state index in [4.69, 9.17) is 0 Å². The van der Waals surface area contributed by atoms with Crippen LogP contribution in [-0.2, 0) is 0 Å². The van der Waals surface area contributed by atoms with Crippen LogP contribution in [0.1, 0.15) is 32.8 Å². The summed E-state index contributed by atoms with van der Waals surface area (Å²) in [4.78, 5) is 0. The number of nitrogens with one attached hydrogen (secondary N) is 5. The Labute approximate surface area is 238 Å². The molecule has 3 rings (SSSR count). The first-order valence-electron chi connectivity index (χ1n) is 13.5. The number of halogens is 1.